The summed E-state index contributed by atoms with van der Waals surface area (Å²) in [6.45, 7) is 2.66. The Morgan fingerprint density at radius 2 is 1.94 bits per heavy atom. The molecule has 2 N–H and O–H groups in total. The lowest BCUT2D eigenvalue weighted by Gasteiger charge is -2.31. The molecule has 0 spiro atoms. The van der Waals surface area contributed by atoms with Crippen molar-refractivity contribution in [2.24, 2.45) is 5.92 Å². The molecule has 1 aliphatic carbocycles. The first-order valence-electron chi connectivity index (χ1n) is 6.23. The Morgan fingerprint density at radius 1 is 1.25 bits per heavy atom. The third-order valence-corrected chi connectivity index (χ3v) is 4.79. The first-order chi connectivity index (χ1) is 7.59. The third-order valence-electron chi connectivity index (χ3n) is 3.39. The van der Waals surface area contributed by atoms with Crippen LogP contribution in [-0.2, 0) is 10.0 Å². The van der Waals surface area contributed by atoms with Gasteiger partial charge in [0.05, 0.1) is 5.75 Å². The van der Waals surface area contributed by atoms with Gasteiger partial charge in [-0.3, -0.25) is 0 Å². The van der Waals surface area contributed by atoms with Crippen LogP contribution in [0.4, 0.5) is 0 Å². The van der Waals surface area contributed by atoms with E-state index >= 15 is 0 Å². The van der Waals surface area contributed by atoms with Crippen LogP contribution in [0.3, 0.4) is 0 Å². The van der Waals surface area contributed by atoms with Crippen LogP contribution in [0.25, 0.3) is 0 Å². The second kappa shape index (κ2) is 6.57. The van der Waals surface area contributed by atoms with E-state index in [0.29, 0.717) is 12.5 Å². The van der Waals surface area contributed by atoms with E-state index in [1.54, 1.807) is 7.05 Å². The van der Waals surface area contributed by atoms with Crippen molar-refractivity contribution >= 4 is 10.0 Å². The van der Waals surface area contributed by atoms with Crippen molar-refractivity contribution in [3.63, 3.8) is 0 Å². The van der Waals surface area contributed by atoms with Gasteiger partial charge in [-0.05, 0) is 25.8 Å². The zero-order chi connectivity index (χ0) is 12.0. The first kappa shape index (κ1) is 13.9. The topological polar surface area (TPSA) is 58.2 Å². The minimum absolute atomic E-state index is 0.167. The summed E-state index contributed by atoms with van der Waals surface area (Å²) in [6, 6.07) is 0.167. The van der Waals surface area contributed by atoms with E-state index in [0.717, 1.165) is 25.7 Å². The lowest BCUT2D eigenvalue weighted by Crippen LogP contribution is -2.43. The zero-order valence-corrected chi connectivity index (χ0v) is 11.1. The summed E-state index contributed by atoms with van der Waals surface area (Å²) >= 11 is 0. The van der Waals surface area contributed by atoms with E-state index in [9.17, 15) is 8.42 Å². The van der Waals surface area contributed by atoms with Gasteiger partial charge >= 0.3 is 0 Å². The van der Waals surface area contributed by atoms with Crippen molar-refractivity contribution in [1.82, 2.24) is 10.0 Å². The van der Waals surface area contributed by atoms with Gasteiger partial charge in [0.25, 0.3) is 0 Å². The van der Waals surface area contributed by atoms with Crippen molar-refractivity contribution in [1.29, 1.82) is 0 Å². The molecule has 1 fully saturated rings. The average Bonchev–Trinajstić information content (AvgIpc) is 2.27. The van der Waals surface area contributed by atoms with E-state index in [4.69, 9.17) is 0 Å². The van der Waals surface area contributed by atoms with Gasteiger partial charge in [-0.1, -0.05) is 26.2 Å². The number of nitrogens with one attached hydrogen (secondary N) is 2. The fourth-order valence-electron chi connectivity index (χ4n) is 2.38. The largest absolute Gasteiger partial charge is 0.319 e. The Morgan fingerprint density at radius 3 is 2.56 bits per heavy atom. The molecule has 0 aliphatic heterocycles. The number of rotatable bonds is 6. The van der Waals surface area contributed by atoms with Gasteiger partial charge in [-0.25, -0.2) is 13.1 Å². The molecule has 1 rings (SSSR count). The summed E-state index contributed by atoms with van der Waals surface area (Å²) in [7, 11) is -1.33. The molecule has 0 radical (unpaired) electrons. The Bertz CT molecular complexity index is 290. The standard InChI is InChI=1S/C11H24N2O2S/c1-3-10-6-4-5-7-11(10)13-16(14,15)9-8-12-2/h10-13H,3-9H2,1-2H3. The molecule has 2 atom stereocenters. The van der Waals surface area contributed by atoms with Crippen molar-refractivity contribution in [3.8, 4) is 0 Å². The fourth-order valence-corrected chi connectivity index (χ4v) is 3.74. The van der Waals surface area contributed by atoms with E-state index in [1.807, 2.05) is 0 Å². The quantitative estimate of drug-likeness (QED) is 0.740. The van der Waals surface area contributed by atoms with Gasteiger partial charge < -0.3 is 5.32 Å². The van der Waals surface area contributed by atoms with Crippen LogP contribution in [0.1, 0.15) is 39.0 Å². The second-order valence-electron chi connectivity index (χ2n) is 4.60. The van der Waals surface area contributed by atoms with Gasteiger partial charge in [0.15, 0.2) is 0 Å². The highest BCUT2D eigenvalue weighted by Gasteiger charge is 2.27. The Hall–Kier alpha value is -0.130. The molecule has 0 aromatic heterocycles. The molecule has 0 bridgehead atoms. The van der Waals surface area contributed by atoms with Gasteiger partial charge in [-0.2, -0.15) is 0 Å². The number of hydrogen-bond donors (Lipinski definition) is 2. The van der Waals surface area contributed by atoms with Crippen LogP contribution in [0.2, 0.25) is 0 Å². The summed E-state index contributed by atoms with van der Waals surface area (Å²) in [5.41, 5.74) is 0. The zero-order valence-electron chi connectivity index (χ0n) is 10.3. The summed E-state index contributed by atoms with van der Waals surface area (Å²) in [5.74, 6) is 0.703. The van der Waals surface area contributed by atoms with Gasteiger partial charge in [0, 0.05) is 12.6 Å². The average molecular weight is 248 g/mol. The summed E-state index contributed by atoms with van der Waals surface area (Å²) < 4.78 is 26.4. The van der Waals surface area contributed by atoms with Crippen LogP contribution >= 0.6 is 0 Å². The van der Waals surface area contributed by atoms with Crippen molar-refractivity contribution < 1.29 is 8.42 Å². The first-order valence-corrected chi connectivity index (χ1v) is 7.89. The molecule has 0 aromatic carbocycles. The molecule has 5 heteroatoms. The maximum atomic E-state index is 11.8. The molecule has 96 valence electrons. The fraction of sp³-hybridized carbons (Fsp3) is 1.00. The number of hydrogen-bond acceptors (Lipinski definition) is 3. The highest BCUT2D eigenvalue weighted by Crippen LogP contribution is 2.27. The Kier molecular flexibility index (Phi) is 5.72. The maximum absolute atomic E-state index is 11.8. The molecule has 1 saturated carbocycles. The molecule has 0 aromatic rings. The Labute approximate surface area is 99.2 Å². The van der Waals surface area contributed by atoms with Gasteiger partial charge in [0.1, 0.15) is 0 Å². The molecule has 1 aliphatic rings. The van der Waals surface area contributed by atoms with Gasteiger partial charge in [0.2, 0.25) is 10.0 Å². The lowest BCUT2D eigenvalue weighted by molar-refractivity contribution is 0.282. The highest BCUT2D eigenvalue weighted by molar-refractivity contribution is 7.89. The summed E-state index contributed by atoms with van der Waals surface area (Å²) in [6.07, 6.45) is 5.62. The van der Waals surface area contributed by atoms with Crippen molar-refractivity contribution in [3.05, 3.63) is 0 Å². The monoisotopic (exact) mass is 248 g/mol. The number of sulfonamides is 1. The normalized spacial score (nSPS) is 26.9. The van der Waals surface area contributed by atoms with Gasteiger partial charge in [-0.15, -0.1) is 0 Å². The predicted octanol–water partition coefficient (Wildman–Crippen LogP) is 1.09. The summed E-state index contributed by atoms with van der Waals surface area (Å²) in [5, 5.41) is 2.87. The van der Waals surface area contributed by atoms with E-state index in [2.05, 4.69) is 17.0 Å². The third kappa shape index (κ3) is 4.39. The van der Waals surface area contributed by atoms with Crippen LogP contribution in [-0.4, -0.2) is 33.8 Å². The summed E-state index contributed by atoms with van der Waals surface area (Å²) in [4.78, 5) is 0. The maximum Gasteiger partial charge on any atom is 0.213 e. The van der Waals surface area contributed by atoms with Crippen molar-refractivity contribution in [2.45, 2.75) is 45.1 Å². The molecule has 2 unspecified atom stereocenters. The lowest BCUT2D eigenvalue weighted by atomic mass is 9.83. The molecule has 0 amide bonds. The molecule has 0 saturated heterocycles. The van der Waals surface area contributed by atoms with Crippen molar-refractivity contribution in [2.75, 3.05) is 19.3 Å². The van der Waals surface area contributed by atoms with E-state index < -0.39 is 10.0 Å². The van der Waals surface area contributed by atoms with Crippen LogP contribution in [0.5, 0.6) is 0 Å². The molecule has 4 nitrogen and oxygen atoms in total. The van der Waals surface area contributed by atoms with E-state index in [-0.39, 0.29) is 11.8 Å². The minimum atomic E-state index is -3.10. The SMILES string of the molecule is CCC1CCCCC1NS(=O)(=O)CCNC. The molecule has 0 heterocycles. The molecular formula is C11H24N2O2S. The second-order valence-corrected chi connectivity index (χ2v) is 6.47. The smallest absolute Gasteiger partial charge is 0.213 e. The molecular weight excluding hydrogens is 224 g/mol. The van der Waals surface area contributed by atoms with Crippen LogP contribution in [0, 0.1) is 5.92 Å². The van der Waals surface area contributed by atoms with Crippen LogP contribution in [0.15, 0.2) is 0 Å². The molecule has 16 heavy (non-hydrogen) atoms. The minimum Gasteiger partial charge on any atom is -0.319 e. The van der Waals surface area contributed by atoms with Crippen LogP contribution < -0.4 is 10.0 Å². The predicted molar refractivity (Wildman–Crippen MR) is 66.9 cm³/mol. The Balaban J connectivity index is 2.50. The highest BCUT2D eigenvalue weighted by atomic mass is 32.2. The van der Waals surface area contributed by atoms with E-state index in [1.165, 1.54) is 6.42 Å².